The van der Waals surface area contributed by atoms with Crippen LogP contribution in [0.3, 0.4) is 0 Å². The molecule has 222 valence electrons. The van der Waals surface area contributed by atoms with Gasteiger partial charge < -0.3 is 19.1 Å². The highest BCUT2D eigenvalue weighted by atomic mass is 32.2. The van der Waals surface area contributed by atoms with Gasteiger partial charge in [-0.25, -0.2) is 17.8 Å². The summed E-state index contributed by atoms with van der Waals surface area (Å²) < 4.78 is 52.1. The molecule has 0 bridgehead atoms. The molecule has 1 fully saturated rings. The molecular formula is C30H28FN5O6S. The van der Waals surface area contributed by atoms with E-state index in [1.54, 1.807) is 35.4 Å². The van der Waals surface area contributed by atoms with Crippen LogP contribution in [0.2, 0.25) is 0 Å². The van der Waals surface area contributed by atoms with Gasteiger partial charge in [0.05, 0.1) is 17.5 Å². The number of piperidine rings is 1. The molecule has 0 aliphatic carbocycles. The van der Waals surface area contributed by atoms with Crippen molar-refractivity contribution in [3.8, 4) is 11.3 Å². The molecule has 0 spiro atoms. The maximum atomic E-state index is 13.7. The molecule has 0 saturated carbocycles. The van der Waals surface area contributed by atoms with Crippen LogP contribution >= 0.6 is 0 Å². The van der Waals surface area contributed by atoms with Gasteiger partial charge in [-0.15, -0.1) is 0 Å². The molecule has 1 aliphatic heterocycles. The second-order valence-electron chi connectivity index (χ2n) is 10.5. The fraction of sp³-hybridized carbons (Fsp3) is 0.267. The number of aromatic nitrogens is 2. The first kappa shape index (κ1) is 28.3. The molecule has 43 heavy (non-hydrogen) atoms. The number of hydrogen-bond donors (Lipinski definition) is 1. The molecule has 3 aromatic heterocycles. The van der Waals surface area contributed by atoms with Crippen molar-refractivity contribution in [2.45, 2.75) is 18.8 Å². The van der Waals surface area contributed by atoms with Gasteiger partial charge in [-0.05, 0) is 60.9 Å². The molecule has 11 nitrogen and oxygen atoms in total. The van der Waals surface area contributed by atoms with E-state index in [1.165, 1.54) is 38.4 Å². The lowest BCUT2D eigenvalue weighted by Gasteiger charge is -2.34. The van der Waals surface area contributed by atoms with Gasteiger partial charge in [0.15, 0.2) is 11.2 Å². The Morgan fingerprint density at radius 3 is 2.58 bits per heavy atom. The zero-order valence-electron chi connectivity index (χ0n) is 23.6. The molecule has 0 radical (unpaired) electrons. The predicted octanol–water partition coefficient (Wildman–Crippen LogP) is 4.55. The van der Waals surface area contributed by atoms with E-state index in [0.29, 0.717) is 52.8 Å². The van der Waals surface area contributed by atoms with Crippen LogP contribution in [0.25, 0.3) is 33.5 Å². The molecule has 1 atom stereocenters. The number of hydrogen-bond acceptors (Lipinski definition) is 8. The minimum absolute atomic E-state index is 0.0704. The quantitative estimate of drug-likeness (QED) is 0.298. The van der Waals surface area contributed by atoms with E-state index in [4.69, 9.17) is 8.83 Å². The number of carbonyl (C=O) groups is 2. The number of sulfonamides is 1. The zero-order valence-corrected chi connectivity index (χ0v) is 24.4. The number of furan rings is 1. The summed E-state index contributed by atoms with van der Waals surface area (Å²) in [6.07, 6.45) is 3.97. The lowest BCUT2D eigenvalue weighted by molar-refractivity contribution is 0.0669. The van der Waals surface area contributed by atoms with Crippen molar-refractivity contribution in [3.05, 3.63) is 77.6 Å². The van der Waals surface area contributed by atoms with Gasteiger partial charge in [-0.3, -0.25) is 13.9 Å². The first-order chi connectivity index (χ1) is 20.5. The van der Waals surface area contributed by atoms with Crippen molar-refractivity contribution in [1.82, 2.24) is 20.2 Å². The maximum absolute atomic E-state index is 13.7. The van der Waals surface area contributed by atoms with E-state index in [1.807, 2.05) is 0 Å². The lowest BCUT2D eigenvalue weighted by Crippen LogP contribution is -2.39. The molecule has 2 aromatic carbocycles. The monoisotopic (exact) mass is 605 g/mol. The summed E-state index contributed by atoms with van der Waals surface area (Å²) in [5.41, 5.74) is 2.74. The zero-order chi connectivity index (χ0) is 30.5. The van der Waals surface area contributed by atoms with Crippen LogP contribution in [-0.2, 0) is 10.0 Å². The lowest BCUT2D eigenvalue weighted by atomic mass is 9.88. The number of amides is 2. The Morgan fingerprint density at radius 2 is 1.88 bits per heavy atom. The topological polar surface area (TPSA) is 139 Å². The summed E-state index contributed by atoms with van der Waals surface area (Å²) in [6, 6.07) is 12.3. The Morgan fingerprint density at radius 1 is 1.12 bits per heavy atom. The summed E-state index contributed by atoms with van der Waals surface area (Å²) in [5, 5.41) is 3.10. The smallest absolute Gasteiger partial charge is 0.309 e. The van der Waals surface area contributed by atoms with Crippen LogP contribution in [0.1, 0.15) is 45.4 Å². The van der Waals surface area contributed by atoms with E-state index < -0.39 is 27.7 Å². The number of nitrogens with one attached hydrogen (secondary N) is 1. The third-order valence-corrected chi connectivity index (χ3v) is 8.92. The first-order valence-corrected chi connectivity index (χ1v) is 15.4. The number of carbonyl (C=O) groups excluding carboxylic acids is 2. The number of likely N-dealkylation sites (tertiary alicyclic amines) is 1. The van der Waals surface area contributed by atoms with Crippen molar-refractivity contribution in [2.24, 2.45) is 0 Å². The predicted molar refractivity (Wildman–Crippen MR) is 158 cm³/mol. The number of pyridine rings is 1. The molecule has 5 aromatic rings. The average Bonchev–Trinajstić information content (AvgIpc) is 3.61. The van der Waals surface area contributed by atoms with E-state index in [0.717, 1.165) is 10.6 Å². The van der Waals surface area contributed by atoms with Gasteiger partial charge in [-0.1, -0.05) is 0 Å². The Labute approximate surface area is 246 Å². The van der Waals surface area contributed by atoms with Crippen molar-refractivity contribution in [3.63, 3.8) is 0 Å². The molecule has 2 amide bonds. The van der Waals surface area contributed by atoms with Gasteiger partial charge >= 0.3 is 5.91 Å². The van der Waals surface area contributed by atoms with E-state index in [9.17, 15) is 22.4 Å². The largest absolute Gasteiger partial charge is 0.455 e. The van der Waals surface area contributed by atoms with Gasteiger partial charge in [0.25, 0.3) is 11.8 Å². The fourth-order valence-electron chi connectivity index (χ4n) is 5.49. The van der Waals surface area contributed by atoms with Crippen LogP contribution in [0, 0.1) is 5.82 Å². The third-order valence-electron chi connectivity index (χ3n) is 7.73. The second-order valence-corrected chi connectivity index (χ2v) is 12.5. The number of nitrogens with zero attached hydrogens (tertiary/aromatic N) is 4. The number of fused-ring (bicyclic) bond motifs is 2. The molecule has 4 heterocycles. The normalized spacial score (nSPS) is 15.6. The number of rotatable bonds is 6. The minimum Gasteiger partial charge on any atom is -0.455 e. The van der Waals surface area contributed by atoms with Crippen LogP contribution < -0.4 is 9.62 Å². The standard InChI is InChI=1S/C30H28FN5O6S/c1-32-28(37)25-21-14-20(18-6-5-13-36(16-18)30(38)29-34-27-23(42-29)7-4-12-33-27)22(35(2)43(3,39)40)15-24(21)41-26(25)17-8-10-19(31)11-9-17/h4,7-12,14-15,18H,5-6,13,16H2,1-3H3,(H,32,37)/t18-/m1/s1. The van der Waals surface area contributed by atoms with Crippen LogP contribution in [0.15, 0.2) is 63.6 Å². The highest BCUT2D eigenvalue weighted by molar-refractivity contribution is 7.92. The third kappa shape index (κ3) is 5.20. The number of oxazole rings is 1. The number of anilines is 1. The number of halogens is 1. The molecule has 6 rings (SSSR count). The van der Waals surface area contributed by atoms with Crippen molar-refractivity contribution in [1.29, 1.82) is 0 Å². The van der Waals surface area contributed by atoms with Gasteiger partial charge in [0.2, 0.25) is 10.0 Å². The van der Waals surface area contributed by atoms with Crippen LogP contribution in [-0.4, -0.2) is 68.5 Å². The fourth-order valence-corrected chi connectivity index (χ4v) is 6.01. The van der Waals surface area contributed by atoms with Crippen molar-refractivity contribution >= 4 is 49.7 Å². The Bertz CT molecular complexity index is 1950. The summed E-state index contributed by atoms with van der Waals surface area (Å²) >= 11 is 0. The Balaban J connectivity index is 1.46. The molecule has 1 saturated heterocycles. The van der Waals surface area contributed by atoms with Crippen molar-refractivity contribution in [2.75, 3.05) is 37.7 Å². The van der Waals surface area contributed by atoms with Crippen molar-refractivity contribution < 1.29 is 31.2 Å². The molecule has 1 N–H and O–H groups in total. The maximum Gasteiger partial charge on any atom is 0.309 e. The molecular weight excluding hydrogens is 577 g/mol. The van der Waals surface area contributed by atoms with Gasteiger partial charge in [0.1, 0.15) is 17.2 Å². The Hall–Kier alpha value is -4.78. The van der Waals surface area contributed by atoms with Gasteiger partial charge in [0, 0.05) is 56.3 Å². The van der Waals surface area contributed by atoms with E-state index >= 15 is 0 Å². The summed E-state index contributed by atoms with van der Waals surface area (Å²) in [7, 11) is -0.757. The molecule has 0 unspecified atom stereocenters. The second kappa shape index (κ2) is 10.8. The highest BCUT2D eigenvalue weighted by Crippen LogP contribution is 2.42. The molecule has 13 heteroatoms. The Kier molecular flexibility index (Phi) is 7.12. The van der Waals surface area contributed by atoms with E-state index in [2.05, 4.69) is 15.3 Å². The number of benzene rings is 2. The minimum atomic E-state index is -3.70. The molecule has 1 aliphatic rings. The summed E-state index contributed by atoms with van der Waals surface area (Å²) in [4.78, 5) is 36.6. The summed E-state index contributed by atoms with van der Waals surface area (Å²) in [5.74, 6) is -1.38. The van der Waals surface area contributed by atoms with Crippen LogP contribution in [0.4, 0.5) is 10.1 Å². The van der Waals surface area contributed by atoms with Crippen LogP contribution in [0.5, 0.6) is 0 Å². The first-order valence-electron chi connectivity index (χ1n) is 13.6. The van der Waals surface area contributed by atoms with E-state index in [-0.39, 0.29) is 35.3 Å². The average molecular weight is 606 g/mol. The SMILES string of the molecule is CNC(=O)c1c(-c2ccc(F)cc2)oc2cc(N(C)S(C)(=O)=O)c([C@@H]3CCCN(C(=O)c4nc5ncccc5o4)C3)cc12. The highest BCUT2D eigenvalue weighted by Gasteiger charge is 2.33. The summed E-state index contributed by atoms with van der Waals surface area (Å²) in [6.45, 7) is 0.726. The van der Waals surface area contributed by atoms with Gasteiger partial charge in [-0.2, -0.15) is 4.98 Å².